The Morgan fingerprint density at radius 2 is 1.92 bits per heavy atom. The van der Waals surface area contributed by atoms with E-state index in [0.29, 0.717) is 31.9 Å². The van der Waals surface area contributed by atoms with Crippen LogP contribution in [0.5, 0.6) is 0 Å². The predicted octanol–water partition coefficient (Wildman–Crippen LogP) is 5.52. The summed E-state index contributed by atoms with van der Waals surface area (Å²) < 4.78 is 26.9. The number of nitrogen functional groups attached to an aromatic ring is 1. The third-order valence-corrected chi connectivity index (χ3v) is 7.47. The minimum Gasteiger partial charge on any atom is -0.397 e. The first kappa shape index (κ1) is 25.6. The van der Waals surface area contributed by atoms with Crippen molar-refractivity contribution in [2.75, 3.05) is 31.9 Å². The minimum atomic E-state index is -0.325. The van der Waals surface area contributed by atoms with Crippen molar-refractivity contribution in [3.63, 3.8) is 0 Å². The van der Waals surface area contributed by atoms with Crippen molar-refractivity contribution in [2.24, 2.45) is 4.99 Å². The zero-order valence-electron chi connectivity index (χ0n) is 20.7. The van der Waals surface area contributed by atoms with E-state index in [2.05, 4.69) is 10.2 Å². The molecule has 190 valence electrons. The lowest BCUT2D eigenvalue weighted by atomic mass is 10.1. The van der Waals surface area contributed by atoms with Gasteiger partial charge in [0.1, 0.15) is 17.5 Å². The van der Waals surface area contributed by atoms with E-state index in [0.717, 1.165) is 26.7 Å². The maximum Gasteiger partial charge on any atom is 0.318 e. The summed E-state index contributed by atoms with van der Waals surface area (Å²) in [5, 5.41) is 2.99. The summed E-state index contributed by atoms with van der Waals surface area (Å²) in [7, 11) is 0. The molecule has 0 spiro atoms. The number of amides is 2. The van der Waals surface area contributed by atoms with Crippen molar-refractivity contribution in [1.82, 2.24) is 15.1 Å². The highest BCUT2D eigenvalue weighted by Crippen LogP contribution is 2.35. The standard InChI is InChI=1S/C27H31F2N5OS/c1-4-31-26(25-23(30)15-24(36-25)19-8-10-21(28)11-9-19)33-12-13-34(17(2)16-33)27(35)32-18(3)20-6-5-7-22(29)14-20/h5-11,14-15,17-18H,4,12-13,16,30H2,1-3H3,(H,32,35). The number of anilines is 1. The van der Waals surface area contributed by atoms with Gasteiger partial charge in [-0.05, 0) is 62.2 Å². The number of rotatable bonds is 5. The number of hydrogen-bond acceptors (Lipinski definition) is 4. The number of piperazine rings is 1. The number of urea groups is 1. The van der Waals surface area contributed by atoms with E-state index in [1.54, 1.807) is 29.2 Å². The lowest BCUT2D eigenvalue weighted by molar-refractivity contribution is 0.133. The molecule has 3 N–H and O–H groups in total. The number of nitrogens with two attached hydrogens (primary N) is 1. The van der Waals surface area contributed by atoms with Crippen LogP contribution < -0.4 is 11.1 Å². The maximum absolute atomic E-state index is 13.6. The van der Waals surface area contributed by atoms with E-state index < -0.39 is 0 Å². The van der Waals surface area contributed by atoms with Crippen LogP contribution in [0.2, 0.25) is 0 Å². The van der Waals surface area contributed by atoms with Gasteiger partial charge in [0.2, 0.25) is 0 Å². The molecule has 2 atom stereocenters. The number of aliphatic imine (C=N–C) groups is 1. The molecule has 0 aliphatic carbocycles. The zero-order chi connectivity index (χ0) is 25.8. The Balaban J connectivity index is 1.46. The van der Waals surface area contributed by atoms with Crippen LogP contribution in [0, 0.1) is 11.6 Å². The summed E-state index contributed by atoms with van der Waals surface area (Å²) in [6, 6.07) is 14.0. The third-order valence-electron chi connectivity index (χ3n) is 6.28. The highest BCUT2D eigenvalue weighted by molar-refractivity contribution is 7.18. The van der Waals surface area contributed by atoms with Gasteiger partial charge in [0.05, 0.1) is 16.6 Å². The normalized spacial score (nSPS) is 17.2. The van der Waals surface area contributed by atoms with E-state index in [-0.39, 0.29) is 29.7 Å². The smallest absolute Gasteiger partial charge is 0.318 e. The molecular weight excluding hydrogens is 480 g/mol. The van der Waals surface area contributed by atoms with Gasteiger partial charge in [0.25, 0.3) is 0 Å². The summed E-state index contributed by atoms with van der Waals surface area (Å²) in [4.78, 5) is 23.6. The Labute approximate surface area is 214 Å². The average molecular weight is 512 g/mol. The molecule has 2 aromatic carbocycles. The molecule has 1 aliphatic rings. The number of benzene rings is 2. The number of halogens is 2. The van der Waals surface area contributed by atoms with E-state index in [1.165, 1.54) is 35.6 Å². The van der Waals surface area contributed by atoms with Crippen LogP contribution in [-0.2, 0) is 0 Å². The molecule has 1 fully saturated rings. The largest absolute Gasteiger partial charge is 0.397 e. The summed E-state index contributed by atoms with van der Waals surface area (Å²) in [6.45, 7) is 8.14. The molecule has 2 heterocycles. The first-order valence-corrected chi connectivity index (χ1v) is 12.9. The highest BCUT2D eigenvalue weighted by atomic mass is 32.1. The fourth-order valence-corrected chi connectivity index (χ4v) is 5.50. The van der Waals surface area contributed by atoms with Crippen LogP contribution in [0.1, 0.15) is 37.3 Å². The van der Waals surface area contributed by atoms with Crippen LogP contribution in [-0.4, -0.2) is 53.9 Å². The van der Waals surface area contributed by atoms with E-state index in [4.69, 9.17) is 10.7 Å². The topological polar surface area (TPSA) is 74.0 Å². The summed E-state index contributed by atoms with van der Waals surface area (Å²) >= 11 is 1.53. The second-order valence-corrected chi connectivity index (χ2v) is 9.97. The fraction of sp³-hybridized carbons (Fsp3) is 0.333. The Morgan fingerprint density at radius 3 is 2.58 bits per heavy atom. The molecule has 6 nitrogen and oxygen atoms in total. The molecule has 0 bridgehead atoms. The maximum atomic E-state index is 13.6. The Hall–Kier alpha value is -3.46. The van der Waals surface area contributed by atoms with Crippen molar-refractivity contribution in [1.29, 1.82) is 0 Å². The molecule has 3 aromatic rings. The molecule has 4 rings (SSSR count). The van der Waals surface area contributed by atoms with Gasteiger partial charge in [-0.3, -0.25) is 4.99 Å². The van der Waals surface area contributed by atoms with Crippen molar-refractivity contribution < 1.29 is 13.6 Å². The molecule has 1 saturated heterocycles. The Kier molecular flexibility index (Phi) is 7.88. The van der Waals surface area contributed by atoms with Gasteiger partial charge >= 0.3 is 6.03 Å². The predicted molar refractivity (Wildman–Crippen MR) is 142 cm³/mol. The van der Waals surface area contributed by atoms with Crippen LogP contribution in [0.25, 0.3) is 10.4 Å². The Bertz CT molecular complexity index is 1240. The molecule has 2 amide bonds. The Morgan fingerprint density at radius 1 is 1.17 bits per heavy atom. The van der Waals surface area contributed by atoms with Crippen LogP contribution in [0.15, 0.2) is 59.6 Å². The van der Waals surface area contributed by atoms with E-state index in [1.807, 2.05) is 26.8 Å². The van der Waals surface area contributed by atoms with Gasteiger partial charge in [0, 0.05) is 37.1 Å². The molecule has 2 unspecified atom stereocenters. The summed E-state index contributed by atoms with van der Waals surface area (Å²) in [5.41, 5.74) is 8.65. The second-order valence-electron chi connectivity index (χ2n) is 8.91. The average Bonchev–Trinajstić information content (AvgIpc) is 3.23. The van der Waals surface area contributed by atoms with Gasteiger partial charge in [-0.2, -0.15) is 0 Å². The van der Waals surface area contributed by atoms with Crippen LogP contribution in [0.3, 0.4) is 0 Å². The summed E-state index contributed by atoms with van der Waals surface area (Å²) in [6.07, 6.45) is 0. The van der Waals surface area contributed by atoms with Crippen molar-refractivity contribution in [3.05, 3.63) is 76.7 Å². The molecular formula is C27H31F2N5OS. The SMILES string of the molecule is CCN=C(c1sc(-c2ccc(F)cc2)cc1N)N1CCN(C(=O)NC(C)c2cccc(F)c2)C(C)C1. The van der Waals surface area contributed by atoms with Gasteiger partial charge in [-0.25, -0.2) is 13.6 Å². The fourth-order valence-electron chi connectivity index (χ4n) is 4.38. The van der Waals surface area contributed by atoms with Crippen molar-refractivity contribution >= 4 is 28.9 Å². The van der Waals surface area contributed by atoms with E-state index >= 15 is 0 Å². The number of amidine groups is 1. The minimum absolute atomic E-state index is 0.0710. The second kappa shape index (κ2) is 11.1. The number of carbonyl (C=O) groups is 1. The zero-order valence-corrected chi connectivity index (χ0v) is 21.5. The lowest BCUT2D eigenvalue weighted by Crippen LogP contribution is -2.58. The van der Waals surface area contributed by atoms with E-state index in [9.17, 15) is 13.6 Å². The number of hydrogen-bond donors (Lipinski definition) is 2. The number of nitrogens with one attached hydrogen (secondary N) is 1. The first-order valence-electron chi connectivity index (χ1n) is 12.0. The van der Waals surface area contributed by atoms with Crippen LogP contribution in [0.4, 0.5) is 19.3 Å². The van der Waals surface area contributed by atoms with Crippen molar-refractivity contribution in [2.45, 2.75) is 32.9 Å². The molecule has 0 saturated carbocycles. The van der Waals surface area contributed by atoms with Gasteiger partial charge in [-0.1, -0.05) is 24.3 Å². The van der Waals surface area contributed by atoms with Gasteiger partial charge < -0.3 is 20.9 Å². The number of carbonyl (C=O) groups excluding carboxylic acids is 1. The molecule has 1 aromatic heterocycles. The molecule has 0 radical (unpaired) electrons. The third kappa shape index (κ3) is 5.67. The highest BCUT2D eigenvalue weighted by Gasteiger charge is 2.31. The van der Waals surface area contributed by atoms with Crippen LogP contribution >= 0.6 is 11.3 Å². The first-order chi connectivity index (χ1) is 17.3. The summed E-state index contributed by atoms with van der Waals surface area (Å²) in [5.74, 6) is 0.208. The number of nitrogens with zero attached hydrogens (tertiary/aromatic N) is 3. The number of thiophene rings is 1. The monoisotopic (exact) mass is 511 g/mol. The molecule has 36 heavy (non-hydrogen) atoms. The van der Waals surface area contributed by atoms with Gasteiger partial charge in [0.15, 0.2) is 0 Å². The van der Waals surface area contributed by atoms with Crippen molar-refractivity contribution in [3.8, 4) is 10.4 Å². The quantitative estimate of drug-likeness (QED) is 0.350. The lowest BCUT2D eigenvalue weighted by Gasteiger charge is -2.41. The molecule has 9 heteroatoms. The van der Waals surface area contributed by atoms with Gasteiger partial charge in [-0.15, -0.1) is 11.3 Å². The molecule has 1 aliphatic heterocycles.